The second-order valence-corrected chi connectivity index (χ2v) is 11.6. The zero-order valence-corrected chi connectivity index (χ0v) is 24.7. The fraction of sp³-hybridized carbons (Fsp3) is 0.433. The summed E-state index contributed by atoms with van der Waals surface area (Å²) in [5.74, 6) is 0.344. The number of ether oxygens (including phenoxy) is 5. The van der Waals surface area contributed by atoms with Gasteiger partial charge in [0.1, 0.15) is 18.2 Å². The molecule has 2 aromatic carbocycles. The molecule has 4 heterocycles. The quantitative estimate of drug-likeness (QED) is 0.176. The molecule has 2 aliphatic heterocycles. The largest absolute Gasteiger partial charge is 0.382 e. The molecule has 0 bridgehead atoms. The number of aromatic nitrogens is 4. The number of fused-ring (bicyclic) bond motifs is 1. The van der Waals surface area contributed by atoms with E-state index in [1.165, 1.54) is 17.5 Å². The van der Waals surface area contributed by atoms with Gasteiger partial charge >= 0.3 is 0 Å². The monoisotopic (exact) mass is 609 g/mol. The molecule has 4 unspecified atom stereocenters. The molecule has 43 heavy (non-hydrogen) atoms. The minimum atomic E-state index is -1.54. The van der Waals surface area contributed by atoms with E-state index in [9.17, 15) is 0 Å². The molecule has 0 aliphatic carbocycles. The molecule has 2 saturated heterocycles. The predicted octanol–water partition coefficient (Wildman–Crippen LogP) is 3.70. The van der Waals surface area contributed by atoms with Crippen molar-refractivity contribution in [3.05, 3.63) is 84.4 Å². The number of nitrogen functional groups attached to an aromatic ring is 1. The number of nitrogens with two attached hydrogens (primary N) is 1. The van der Waals surface area contributed by atoms with Gasteiger partial charge in [0.25, 0.3) is 0 Å². The van der Waals surface area contributed by atoms with Gasteiger partial charge < -0.3 is 34.0 Å². The number of hydrogen-bond donors (Lipinski definition) is 1. The third kappa shape index (κ3) is 8.53. The molecule has 2 fully saturated rings. The molecule has 0 saturated carbocycles. The molecule has 0 amide bonds. The summed E-state index contributed by atoms with van der Waals surface area (Å²) in [5.41, 5.74) is 9.53. The predicted molar refractivity (Wildman–Crippen MR) is 159 cm³/mol. The van der Waals surface area contributed by atoms with Crippen molar-refractivity contribution in [3.63, 3.8) is 0 Å². The molecule has 12 nitrogen and oxygen atoms in total. The number of imidazole rings is 1. The summed E-state index contributed by atoms with van der Waals surface area (Å²) in [6.07, 6.45) is 3.63. The van der Waals surface area contributed by atoms with Gasteiger partial charge in [-0.1, -0.05) is 60.7 Å². The van der Waals surface area contributed by atoms with Crippen LogP contribution in [0, 0.1) is 0 Å². The Hall–Kier alpha value is -3.06. The first kappa shape index (κ1) is 30.0. The molecule has 4 atom stereocenters. The van der Waals surface area contributed by atoms with Crippen molar-refractivity contribution in [2.75, 3.05) is 45.1 Å². The molecule has 0 spiro atoms. The highest BCUT2D eigenvalue weighted by molar-refractivity contribution is 7.47. The summed E-state index contributed by atoms with van der Waals surface area (Å²) in [6, 6.07) is 20.4. The summed E-state index contributed by atoms with van der Waals surface area (Å²) in [5, 5.41) is 0. The van der Waals surface area contributed by atoms with Gasteiger partial charge in [-0.3, -0.25) is 9.05 Å². The van der Waals surface area contributed by atoms with Crippen LogP contribution in [0.1, 0.15) is 11.1 Å². The Kier molecular flexibility index (Phi) is 10.5. The van der Waals surface area contributed by atoms with Crippen molar-refractivity contribution in [2.24, 2.45) is 0 Å². The molecular formula is C30H36N5O7P. The highest BCUT2D eigenvalue weighted by Crippen LogP contribution is 2.43. The van der Waals surface area contributed by atoms with Crippen molar-refractivity contribution < 1.29 is 32.7 Å². The Labute approximate surface area is 251 Å². The lowest BCUT2D eigenvalue weighted by atomic mass is 10.1. The van der Waals surface area contributed by atoms with Gasteiger partial charge in [0.2, 0.25) is 8.38 Å². The average Bonchev–Trinajstić information content (AvgIpc) is 3.46. The van der Waals surface area contributed by atoms with Crippen LogP contribution < -0.4 is 5.73 Å². The summed E-state index contributed by atoms with van der Waals surface area (Å²) < 4.78 is 44.4. The van der Waals surface area contributed by atoms with E-state index in [0.717, 1.165) is 12.8 Å². The Morgan fingerprint density at radius 1 is 0.767 bits per heavy atom. The summed E-state index contributed by atoms with van der Waals surface area (Å²) in [7, 11) is -1.54. The second kappa shape index (κ2) is 15.1. The van der Waals surface area contributed by atoms with E-state index in [2.05, 4.69) is 39.2 Å². The maximum absolute atomic E-state index is 6.22. The molecule has 13 heteroatoms. The van der Waals surface area contributed by atoms with Crippen LogP contribution >= 0.6 is 8.38 Å². The van der Waals surface area contributed by atoms with Gasteiger partial charge in [-0.05, 0) is 11.1 Å². The van der Waals surface area contributed by atoms with E-state index in [-0.39, 0.29) is 18.6 Å². The minimum Gasteiger partial charge on any atom is -0.382 e. The molecule has 4 aromatic rings. The first-order chi connectivity index (χ1) is 21.2. The van der Waals surface area contributed by atoms with Crippen LogP contribution in [0.15, 0.2) is 73.3 Å². The van der Waals surface area contributed by atoms with Crippen LogP contribution in [0.3, 0.4) is 0 Å². The summed E-state index contributed by atoms with van der Waals surface area (Å²) in [6.45, 7) is 2.33. The van der Waals surface area contributed by atoms with E-state index >= 15 is 0 Å². The first-order valence-corrected chi connectivity index (χ1v) is 15.7. The Balaban J connectivity index is 1.00. The van der Waals surface area contributed by atoms with E-state index in [4.69, 9.17) is 38.5 Å². The average molecular weight is 610 g/mol. The SMILES string of the molecule is Nc1ncnc2c1ncn2CCOCP(OC1COC(Cc2ccccc2)CO1)OC1COC(Cc2ccccc2)CO1. The van der Waals surface area contributed by atoms with Crippen LogP contribution in [-0.4, -0.2) is 83.7 Å². The zero-order valence-electron chi connectivity index (χ0n) is 23.8. The van der Waals surface area contributed by atoms with Gasteiger partial charge in [0, 0.05) is 19.4 Å². The normalized spacial score (nSPS) is 23.3. The van der Waals surface area contributed by atoms with Crippen molar-refractivity contribution in [1.29, 1.82) is 0 Å². The molecule has 6 rings (SSSR count). The fourth-order valence-electron chi connectivity index (χ4n) is 4.87. The van der Waals surface area contributed by atoms with Gasteiger partial charge in [-0.25, -0.2) is 15.0 Å². The number of rotatable bonds is 13. The highest BCUT2D eigenvalue weighted by Gasteiger charge is 2.31. The van der Waals surface area contributed by atoms with Crippen molar-refractivity contribution in [2.45, 2.75) is 44.2 Å². The Morgan fingerprint density at radius 3 is 1.93 bits per heavy atom. The Bertz CT molecular complexity index is 1340. The summed E-state index contributed by atoms with van der Waals surface area (Å²) >= 11 is 0. The molecule has 228 valence electrons. The molecule has 0 radical (unpaired) electrons. The van der Waals surface area contributed by atoms with Crippen LogP contribution in [0.25, 0.3) is 11.2 Å². The minimum absolute atomic E-state index is 0.0369. The van der Waals surface area contributed by atoms with E-state index in [0.29, 0.717) is 56.6 Å². The second-order valence-electron chi connectivity index (χ2n) is 10.3. The van der Waals surface area contributed by atoms with Crippen LogP contribution in [0.4, 0.5) is 5.82 Å². The van der Waals surface area contributed by atoms with Crippen LogP contribution in [0.2, 0.25) is 0 Å². The number of benzene rings is 2. The van der Waals surface area contributed by atoms with E-state index < -0.39 is 21.0 Å². The Morgan fingerprint density at radius 2 is 1.37 bits per heavy atom. The van der Waals surface area contributed by atoms with Gasteiger partial charge in [-0.15, -0.1) is 0 Å². The maximum atomic E-state index is 6.22. The molecular weight excluding hydrogens is 573 g/mol. The third-order valence-electron chi connectivity index (χ3n) is 7.06. The van der Waals surface area contributed by atoms with Gasteiger partial charge in [0.15, 0.2) is 24.0 Å². The van der Waals surface area contributed by atoms with Crippen molar-refractivity contribution in [3.8, 4) is 0 Å². The van der Waals surface area contributed by atoms with Crippen LogP contribution in [-0.2, 0) is 52.1 Å². The van der Waals surface area contributed by atoms with E-state index in [1.54, 1.807) is 6.33 Å². The standard InChI is InChI=1S/C30H36N5O7P/c31-29-28-30(33-19-32-29)35(20-34-28)11-12-36-21-43(41-26-17-37-24(15-39-26)13-22-7-3-1-4-8-22)42-27-18-38-25(16-40-27)14-23-9-5-2-6-10-23/h1-10,19-20,24-27H,11-18,21H2,(H2,31,32,33). The van der Waals surface area contributed by atoms with Crippen LogP contribution in [0.5, 0.6) is 0 Å². The maximum Gasteiger partial charge on any atom is 0.203 e. The number of nitrogens with zero attached hydrogens (tertiary/aromatic N) is 4. The highest BCUT2D eigenvalue weighted by atomic mass is 31.2. The van der Waals surface area contributed by atoms with Gasteiger partial charge in [-0.2, -0.15) is 0 Å². The fourth-order valence-corrected chi connectivity index (χ4v) is 6.09. The van der Waals surface area contributed by atoms with Crippen molar-refractivity contribution >= 4 is 25.4 Å². The molecule has 2 aliphatic rings. The smallest absolute Gasteiger partial charge is 0.203 e. The lowest BCUT2D eigenvalue weighted by Gasteiger charge is -2.34. The zero-order chi connectivity index (χ0) is 29.3. The first-order valence-electron chi connectivity index (χ1n) is 14.3. The topological polar surface area (TPSA) is 134 Å². The number of anilines is 1. The van der Waals surface area contributed by atoms with Gasteiger partial charge in [0.05, 0.1) is 51.6 Å². The lowest BCUT2D eigenvalue weighted by Crippen LogP contribution is -2.39. The lowest BCUT2D eigenvalue weighted by molar-refractivity contribution is -0.218. The van der Waals surface area contributed by atoms with E-state index in [1.807, 2.05) is 41.0 Å². The van der Waals surface area contributed by atoms with Crippen molar-refractivity contribution in [1.82, 2.24) is 19.5 Å². The third-order valence-corrected chi connectivity index (χ3v) is 8.39. The molecule has 2 N–H and O–H groups in total. The summed E-state index contributed by atoms with van der Waals surface area (Å²) in [4.78, 5) is 12.6. The number of hydrogen-bond acceptors (Lipinski definition) is 11. The molecule has 2 aromatic heterocycles.